The van der Waals surface area contributed by atoms with Gasteiger partial charge >= 0.3 is 0 Å². The van der Waals surface area contributed by atoms with Crippen LogP contribution in [-0.2, 0) is 4.79 Å². The van der Waals surface area contributed by atoms with Crippen LogP contribution in [0.15, 0.2) is 0 Å². The molecular formula is C4H7Cl2NO2. The molecule has 0 rings (SSSR count). The minimum absolute atomic E-state index is 0.349. The van der Waals surface area contributed by atoms with Crippen molar-refractivity contribution in [2.24, 2.45) is 5.73 Å². The second kappa shape index (κ2) is 3.93. The molecule has 0 saturated heterocycles. The average Bonchev–Trinajstić information content (AvgIpc) is 1.84. The van der Waals surface area contributed by atoms with Gasteiger partial charge in [0.1, 0.15) is 5.38 Å². The van der Waals surface area contributed by atoms with Crippen LogP contribution in [0.1, 0.15) is 0 Å². The zero-order chi connectivity index (χ0) is 7.44. The number of amides is 1. The highest BCUT2D eigenvalue weighted by molar-refractivity contribution is 6.37. The number of hydrogen-bond donors (Lipinski definition) is 2. The zero-order valence-electron chi connectivity index (χ0n) is 4.55. The smallest absolute Gasteiger partial charge is 0.237 e. The number of carbonyl (C=O) groups excluding carboxylic acids is 1. The number of aliphatic hydroxyl groups excluding tert-OH is 1. The van der Waals surface area contributed by atoms with Crippen LogP contribution in [-0.4, -0.2) is 28.4 Å². The van der Waals surface area contributed by atoms with Gasteiger partial charge in [0.25, 0.3) is 0 Å². The molecule has 0 aliphatic heterocycles. The summed E-state index contributed by atoms with van der Waals surface area (Å²) in [5.41, 5.74) is 4.75. The van der Waals surface area contributed by atoms with Crippen LogP contribution in [0.2, 0.25) is 0 Å². The molecule has 2 atom stereocenters. The Bertz CT molecular complexity index is 109. The van der Waals surface area contributed by atoms with Crippen LogP contribution in [0.3, 0.4) is 0 Å². The third kappa shape index (κ3) is 2.89. The van der Waals surface area contributed by atoms with Crippen LogP contribution < -0.4 is 5.73 Å². The zero-order valence-corrected chi connectivity index (χ0v) is 6.06. The Morgan fingerprint density at radius 1 is 1.67 bits per heavy atom. The SMILES string of the molecule is NC(=O)C(Cl)C(Cl)CO. The minimum Gasteiger partial charge on any atom is -0.395 e. The molecular weight excluding hydrogens is 165 g/mol. The number of carbonyl (C=O) groups is 1. The highest BCUT2D eigenvalue weighted by Crippen LogP contribution is 2.07. The van der Waals surface area contributed by atoms with E-state index in [2.05, 4.69) is 0 Å². The summed E-state index contributed by atoms with van der Waals surface area (Å²) in [7, 11) is 0. The van der Waals surface area contributed by atoms with Gasteiger partial charge in [-0.15, -0.1) is 23.2 Å². The van der Waals surface area contributed by atoms with E-state index < -0.39 is 16.7 Å². The van der Waals surface area contributed by atoms with Crippen molar-refractivity contribution in [2.75, 3.05) is 6.61 Å². The number of hydrogen-bond acceptors (Lipinski definition) is 2. The number of halogens is 2. The summed E-state index contributed by atoms with van der Waals surface area (Å²) in [6.45, 7) is -0.349. The molecule has 54 valence electrons. The molecule has 0 heterocycles. The van der Waals surface area contributed by atoms with Crippen LogP contribution in [0.5, 0.6) is 0 Å². The van der Waals surface area contributed by atoms with Crippen LogP contribution in [0, 0.1) is 0 Å². The van der Waals surface area contributed by atoms with Crippen molar-refractivity contribution in [3.63, 3.8) is 0 Å². The maximum Gasteiger partial charge on any atom is 0.237 e. The first-order valence-electron chi connectivity index (χ1n) is 2.28. The van der Waals surface area contributed by atoms with Crippen LogP contribution in [0.4, 0.5) is 0 Å². The number of aliphatic hydroxyl groups is 1. The van der Waals surface area contributed by atoms with Gasteiger partial charge < -0.3 is 10.8 Å². The van der Waals surface area contributed by atoms with Gasteiger partial charge in [0.15, 0.2) is 0 Å². The number of alkyl halides is 2. The molecule has 0 aromatic carbocycles. The van der Waals surface area contributed by atoms with Gasteiger partial charge in [0.05, 0.1) is 12.0 Å². The Morgan fingerprint density at radius 2 is 2.11 bits per heavy atom. The topological polar surface area (TPSA) is 63.3 Å². The first-order valence-corrected chi connectivity index (χ1v) is 3.15. The van der Waals surface area contributed by atoms with Gasteiger partial charge in [-0.25, -0.2) is 0 Å². The summed E-state index contributed by atoms with van der Waals surface area (Å²) in [6.07, 6.45) is 0. The molecule has 0 aliphatic rings. The third-order valence-electron chi connectivity index (χ3n) is 0.764. The Kier molecular flexibility index (Phi) is 3.93. The molecule has 0 fully saturated rings. The molecule has 0 bridgehead atoms. The van der Waals surface area contributed by atoms with Crippen molar-refractivity contribution in [3.8, 4) is 0 Å². The Hall–Kier alpha value is 0.01000. The quantitative estimate of drug-likeness (QED) is 0.573. The molecule has 0 aromatic rings. The van der Waals surface area contributed by atoms with E-state index in [1.165, 1.54) is 0 Å². The Labute approximate surface area is 62.7 Å². The fourth-order valence-corrected chi connectivity index (χ4v) is 0.475. The van der Waals surface area contributed by atoms with Gasteiger partial charge in [-0.1, -0.05) is 0 Å². The fraction of sp³-hybridized carbons (Fsp3) is 0.750. The summed E-state index contributed by atoms with van der Waals surface area (Å²) in [5, 5.41) is 6.55. The van der Waals surface area contributed by atoms with Crippen molar-refractivity contribution in [2.45, 2.75) is 10.8 Å². The van der Waals surface area contributed by atoms with Crippen LogP contribution >= 0.6 is 23.2 Å². The minimum atomic E-state index is -0.989. The second-order valence-corrected chi connectivity index (χ2v) is 2.53. The molecule has 5 heteroatoms. The second-order valence-electron chi connectivity index (χ2n) is 1.50. The third-order valence-corrected chi connectivity index (χ3v) is 1.80. The molecule has 0 aliphatic carbocycles. The lowest BCUT2D eigenvalue weighted by molar-refractivity contribution is -0.117. The molecule has 0 saturated carbocycles. The first-order chi connectivity index (χ1) is 4.09. The van der Waals surface area contributed by atoms with E-state index in [4.69, 9.17) is 34.0 Å². The molecule has 0 radical (unpaired) electrons. The fourth-order valence-electron chi connectivity index (χ4n) is 0.271. The summed E-state index contributed by atoms with van der Waals surface area (Å²) in [6, 6.07) is 0. The lowest BCUT2D eigenvalue weighted by Crippen LogP contribution is -2.33. The van der Waals surface area contributed by atoms with Gasteiger partial charge in [-0.3, -0.25) is 4.79 Å². The monoisotopic (exact) mass is 171 g/mol. The van der Waals surface area contributed by atoms with E-state index in [0.717, 1.165) is 0 Å². The van der Waals surface area contributed by atoms with Gasteiger partial charge in [-0.2, -0.15) is 0 Å². The molecule has 2 unspecified atom stereocenters. The Morgan fingerprint density at radius 3 is 2.22 bits per heavy atom. The van der Waals surface area contributed by atoms with Gasteiger partial charge in [-0.05, 0) is 0 Å². The van der Waals surface area contributed by atoms with E-state index in [1.807, 2.05) is 0 Å². The van der Waals surface area contributed by atoms with Gasteiger partial charge in [0, 0.05) is 0 Å². The standard InChI is InChI=1S/C4H7Cl2NO2/c5-2(1-8)3(6)4(7)9/h2-3,8H,1H2,(H2,7,9). The lowest BCUT2D eigenvalue weighted by atomic mass is 10.3. The van der Waals surface area contributed by atoms with E-state index >= 15 is 0 Å². The normalized spacial score (nSPS) is 16.8. The first kappa shape index (κ1) is 9.01. The number of primary amides is 1. The van der Waals surface area contributed by atoms with Crippen molar-refractivity contribution in [3.05, 3.63) is 0 Å². The molecule has 3 N–H and O–H groups in total. The summed E-state index contributed by atoms with van der Waals surface area (Å²) >= 11 is 10.6. The Balaban J connectivity index is 3.72. The van der Waals surface area contributed by atoms with Crippen LogP contribution in [0.25, 0.3) is 0 Å². The number of nitrogens with two attached hydrogens (primary N) is 1. The highest BCUT2D eigenvalue weighted by Gasteiger charge is 2.20. The molecule has 1 amide bonds. The van der Waals surface area contributed by atoms with E-state index in [1.54, 1.807) is 0 Å². The average molecular weight is 172 g/mol. The van der Waals surface area contributed by atoms with Crippen molar-refractivity contribution >= 4 is 29.1 Å². The summed E-state index contributed by atoms with van der Waals surface area (Å²) in [4.78, 5) is 10.2. The molecule has 9 heavy (non-hydrogen) atoms. The van der Waals surface area contributed by atoms with E-state index in [-0.39, 0.29) is 6.61 Å². The number of rotatable bonds is 3. The molecule has 0 spiro atoms. The predicted octanol–water partition coefficient (Wildman–Crippen LogP) is -0.321. The van der Waals surface area contributed by atoms with E-state index in [0.29, 0.717) is 0 Å². The summed E-state index contributed by atoms with van der Waals surface area (Å²) < 4.78 is 0. The lowest BCUT2D eigenvalue weighted by Gasteiger charge is -2.07. The molecule has 3 nitrogen and oxygen atoms in total. The summed E-state index contributed by atoms with van der Waals surface area (Å²) in [5.74, 6) is -0.717. The van der Waals surface area contributed by atoms with Crippen molar-refractivity contribution in [1.82, 2.24) is 0 Å². The maximum atomic E-state index is 10.2. The van der Waals surface area contributed by atoms with Gasteiger partial charge in [0.2, 0.25) is 5.91 Å². The molecule has 0 aromatic heterocycles. The predicted molar refractivity (Wildman–Crippen MR) is 35.6 cm³/mol. The largest absolute Gasteiger partial charge is 0.395 e. The maximum absolute atomic E-state index is 10.2. The van der Waals surface area contributed by atoms with Crippen molar-refractivity contribution < 1.29 is 9.90 Å². The van der Waals surface area contributed by atoms with Crippen molar-refractivity contribution in [1.29, 1.82) is 0 Å². The van der Waals surface area contributed by atoms with E-state index in [9.17, 15) is 4.79 Å². The highest BCUT2D eigenvalue weighted by atomic mass is 35.5.